The topological polar surface area (TPSA) is 98.8 Å². The van der Waals surface area contributed by atoms with Gasteiger partial charge in [-0.25, -0.2) is 9.89 Å². The molecular weight excluding hydrogens is 350 g/mol. The van der Waals surface area contributed by atoms with E-state index in [1.54, 1.807) is 23.0 Å². The van der Waals surface area contributed by atoms with Crippen LogP contribution in [0.5, 0.6) is 0 Å². The van der Waals surface area contributed by atoms with Crippen molar-refractivity contribution in [3.05, 3.63) is 33.9 Å². The van der Waals surface area contributed by atoms with E-state index in [9.17, 15) is 4.79 Å². The Morgan fingerprint density at radius 2 is 2.42 bits per heavy atom. The van der Waals surface area contributed by atoms with Crippen molar-refractivity contribution in [3.63, 3.8) is 0 Å². The summed E-state index contributed by atoms with van der Waals surface area (Å²) in [4.78, 5) is 17.2. The number of nitrogens with one attached hydrogen (secondary N) is 1. The summed E-state index contributed by atoms with van der Waals surface area (Å²) in [6.07, 6.45) is 0.737. The lowest BCUT2D eigenvalue weighted by Crippen LogP contribution is -2.18. The Kier molecular flexibility index (Phi) is 5.48. The van der Waals surface area contributed by atoms with E-state index in [-0.39, 0.29) is 10.9 Å². The molecule has 0 aliphatic heterocycles. The van der Waals surface area contributed by atoms with Gasteiger partial charge in [0, 0.05) is 20.3 Å². The van der Waals surface area contributed by atoms with Crippen LogP contribution in [0, 0.1) is 0 Å². The second-order valence-corrected chi connectivity index (χ2v) is 7.26. The van der Waals surface area contributed by atoms with Crippen LogP contribution in [0.1, 0.15) is 24.5 Å². The summed E-state index contributed by atoms with van der Waals surface area (Å²) < 4.78 is 12.0. The molecule has 1 atom stereocenters. The summed E-state index contributed by atoms with van der Waals surface area (Å²) in [5.74, 6) is 1.08. The third-order valence-electron chi connectivity index (χ3n) is 3.27. The monoisotopic (exact) mass is 367 g/mol. The first kappa shape index (κ1) is 16.9. The number of hydrogen-bond acceptors (Lipinski definition) is 8. The maximum atomic E-state index is 11.9. The Morgan fingerprint density at radius 3 is 3.17 bits per heavy atom. The second kappa shape index (κ2) is 7.77. The van der Waals surface area contributed by atoms with Crippen LogP contribution < -0.4 is 5.69 Å². The second-order valence-electron chi connectivity index (χ2n) is 5.00. The minimum Gasteiger partial charge on any atom is -0.385 e. The molecule has 0 aromatic carbocycles. The maximum absolute atomic E-state index is 11.9. The molecule has 0 saturated heterocycles. The molecule has 3 heterocycles. The van der Waals surface area contributed by atoms with E-state index in [1.165, 1.54) is 11.8 Å². The van der Waals surface area contributed by atoms with Gasteiger partial charge in [-0.15, -0.1) is 16.4 Å². The first-order chi connectivity index (χ1) is 11.7. The van der Waals surface area contributed by atoms with Gasteiger partial charge in [0.1, 0.15) is 0 Å². The highest BCUT2D eigenvalue weighted by atomic mass is 32.2. The first-order valence-corrected chi connectivity index (χ1v) is 9.13. The molecule has 24 heavy (non-hydrogen) atoms. The Hall–Kier alpha value is -1.91. The average Bonchev–Trinajstić information content (AvgIpc) is 3.30. The van der Waals surface area contributed by atoms with Gasteiger partial charge in [0.05, 0.1) is 10.1 Å². The molecule has 0 amide bonds. The number of rotatable bonds is 8. The predicted octanol–water partition coefficient (Wildman–Crippen LogP) is 2.57. The van der Waals surface area contributed by atoms with Crippen LogP contribution in [0.3, 0.4) is 0 Å². The fraction of sp³-hybridized carbons (Fsp3) is 0.429. The van der Waals surface area contributed by atoms with E-state index in [0.29, 0.717) is 30.0 Å². The molecule has 0 aliphatic rings. The molecule has 3 rings (SSSR count). The van der Waals surface area contributed by atoms with Crippen molar-refractivity contribution in [1.82, 2.24) is 24.9 Å². The first-order valence-electron chi connectivity index (χ1n) is 7.37. The zero-order chi connectivity index (χ0) is 16.9. The molecule has 128 valence electrons. The van der Waals surface area contributed by atoms with Crippen molar-refractivity contribution in [2.75, 3.05) is 13.7 Å². The molecule has 0 aliphatic carbocycles. The van der Waals surface area contributed by atoms with Gasteiger partial charge in [0.25, 0.3) is 0 Å². The third-order valence-corrected chi connectivity index (χ3v) is 5.21. The van der Waals surface area contributed by atoms with Crippen molar-refractivity contribution in [2.24, 2.45) is 0 Å². The van der Waals surface area contributed by atoms with Gasteiger partial charge in [-0.1, -0.05) is 23.0 Å². The van der Waals surface area contributed by atoms with Crippen LogP contribution in [0.25, 0.3) is 10.7 Å². The van der Waals surface area contributed by atoms with Crippen molar-refractivity contribution >= 4 is 23.1 Å². The molecule has 3 aromatic heterocycles. The minimum absolute atomic E-state index is 0.123. The Morgan fingerprint density at radius 1 is 1.54 bits per heavy atom. The van der Waals surface area contributed by atoms with Crippen molar-refractivity contribution in [3.8, 4) is 10.7 Å². The highest BCUT2D eigenvalue weighted by molar-refractivity contribution is 7.99. The summed E-state index contributed by atoms with van der Waals surface area (Å²) in [6.45, 7) is 3.07. The molecule has 0 radical (unpaired) electrons. The van der Waals surface area contributed by atoms with E-state index < -0.39 is 0 Å². The normalized spacial score (nSPS) is 12.6. The molecule has 10 heteroatoms. The number of methoxy groups -OCH3 is 1. The van der Waals surface area contributed by atoms with Crippen LogP contribution in [-0.2, 0) is 11.3 Å². The summed E-state index contributed by atoms with van der Waals surface area (Å²) in [7, 11) is 1.64. The quantitative estimate of drug-likeness (QED) is 0.482. The summed E-state index contributed by atoms with van der Waals surface area (Å²) in [6, 6.07) is 3.88. The molecule has 0 spiro atoms. The highest BCUT2D eigenvalue weighted by Crippen LogP contribution is 2.33. The number of hydrogen-bond donors (Lipinski definition) is 1. The van der Waals surface area contributed by atoms with Gasteiger partial charge in [-0.05, 0) is 24.8 Å². The molecule has 3 aromatic rings. The number of ether oxygens (including phenoxy) is 1. The van der Waals surface area contributed by atoms with Crippen LogP contribution in [0.4, 0.5) is 0 Å². The Bertz CT molecular complexity index is 824. The van der Waals surface area contributed by atoms with E-state index >= 15 is 0 Å². The highest BCUT2D eigenvalue weighted by Gasteiger charge is 2.20. The van der Waals surface area contributed by atoms with Crippen LogP contribution in [0.15, 0.2) is 32.0 Å². The number of thioether (sulfide) groups is 1. The Balaban J connectivity index is 1.71. The lowest BCUT2D eigenvalue weighted by atomic mass is 10.4. The summed E-state index contributed by atoms with van der Waals surface area (Å²) in [5, 5.41) is 13.0. The minimum atomic E-state index is -0.231. The van der Waals surface area contributed by atoms with Crippen LogP contribution in [0.2, 0.25) is 0 Å². The van der Waals surface area contributed by atoms with E-state index in [0.717, 1.165) is 11.3 Å². The molecular formula is C14H17N5O3S2. The van der Waals surface area contributed by atoms with Crippen LogP contribution in [-0.4, -0.2) is 38.6 Å². The maximum Gasteiger partial charge on any atom is 0.343 e. The lowest BCUT2D eigenvalue weighted by molar-refractivity contribution is 0.189. The van der Waals surface area contributed by atoms with E-state index in [4.69, 9.17) is 9.26 Å². The molecule has 8 nitrogen and oxygen atoms in total. The molecule has 0 fully saturated rings. The average molecular weight is 367 g/mol. The molecule has 1 N–H and O–H groups in total. The summed E-state index contributed by atoms with van der Waals surface area (Å²) in [5.41, 5.74) is -0.231. The fourth-order valence-corrected chi connectivity index (χ4v) is 3.63. The largest absolute Gasteiger partial charge is 0.385 e. The lowest BCUT2D eigenvalue weighted by Gasteiger charge is -2.07. The van der Waals surface area contributed by atoms with Gasteiger partial charge < -0.3 is 9.26 Å². The molecule has 0 bridgehead atoms. The predicted molar refractivity (Wildman–Crippen MR) is 91.2 cm³/mol. The van der Waals surface area contributed by atoms with Gasteiger partial charge in [-0.2, -0.15) is 4.98 Å². The molecule has 0 saturated carbocycles. The third kappa shape index (κ3) is 3.77. The fourth-order valence-electron chi connectivity index (χ4n) is 2.07. The van der Waals surface area contributed by atoms with Gasteiger partial charge >= 0.3 is 5.69 Å². The SMILES string of the molecule is COCCCn1c(SC(C)c2nc(-c3cccs3)no2)n[nH]c1=O. The van der Waals surface area contributed by atoms with Gasteiger partial charge in [0.2, 0.25) is 11.7 Å². The van der Waals surface area contributed by atoms with Crippen molar-refractivity contribution < 1.29 is 9.26 Å². The van der Waals surface area contributed by atoms with Crippen LogP contribution >= 0.6 is 23.1 Å². The van der Waals surface area contributed by atoms with Crippen molar-refractivity contribution in [2.45, 2.75) is 30.3 Å². The van der Waals surface area contributed by atoms with Crippen molar-refractivity contribution in [1.29, 1.82) is 0 Å². The van der Waals surface area contributed by atoms with Gasteiger partial charge in [0.15, 0.2) is 5.16 Å². The standard InChI is InChI=1S/C14H17N5O3S2/c1-9(12-15-11(18-22-12)10-5-3-8-23-10)24-14-17-16-13(20)19(14)6-4-7-21-2/h3,5,8-9H,4,6-7H2,1-2H3,(H,16,20). The Labute approximate surface area is 146 Å². The number of aromatic amines is 1. The number of nitrogens with zero attached hydrogens (tertiary/aromatic N) is 4. The summed E-state index contributed by atoms with van der Waals surface area (Å²) >= 11 is 2.96. The van der Waals surface area contributed by atoms with E-state index in [2.05, 4.69) is 20.3 Å². The van der Waals surface area contributed by atoms with E-state index in [1.807, 2.05) is 24.4 Å². The number of thiophene rings is 1. The molecule has 1 unspecified atom stereocenters. The van der Waals surface area contributed by atoms with Gasteiger partial charge in [-0.3, -0.25) is 4.57 Å². The number of aromatic nitrogens is 5. The smallest absolute Gasteiger partial charge is 0.343 e. The zero-order valence-corrected chi connectivity index (χ0v) is 14.9. The zero-order valence-electron chi connectivity index (χ0n) is 13.3. The number of H-pyrrole nitrogens is 1.